The smallest absolute Gasteiger partial charge is 0.0445 e. The van der Waals surface area contributed by atoms with Crippen LogP contribution in [-0.2, 0) is 6.42 Å². The summed E-state index contributed by atoms with van der Waals surface area (Å²) in [6.45, 7) is 8.42. The Bertz CT molecular complexity index is 464. The fraction of sp³-hybridized carbons (Fsp3) is 0.353. The van der Waals surface area contributed by atoms with Crippen molar-refractivity contribution in [3.63, 3.8) is 0 Å². The van der Waals surface area contributed by atoms with Gasteiger partial charge in [-0.2, -0.15) is 0 Å². The lowest BCUT2D eigenvalue weighted by molar-refractivity contribution is 1.13. The van der Waals surface area contributed by atoms with E-state index in [-0.39, 0.29) is 0 Å². The molecule has 0 radical (unpaired) electrons. The zero-order valence-corrected chi connectivity index (χ0v) is 11.9. The molecule has 0 unspecified atom stereocenters. The molecule has 0 saturated heterocycles. The van der Waals surface area contributed by atoms with Crippen molar-refractivity contribution in [2.24, 2.45) is 4.99 Å². The molecule has 1 nitrogen and oxygen atoms in total. The zero-order chi connectivity index (χ0) is 13.4. The molecule has 0 amide bonds. The van der Waals surface area contributed by atoms with Crippen LogP contribution in [0, 0.1) is 0 Å². The van der Waals surface area contributed by atoms with Gasteiger partial charge >= 0.3 is 0 Å². The van der Waals surface area contributed by atoms with Crippen molar-refractivity contribution in [2.75, 3.05) is 0 Å². The first-order valence-electron chi connectivity index (χ1n) is 6.66. The van der Waals surface area contributed by atoms with E-state index in [4.69, 9.17) is 0 Å². The highest BCUT2D eigenvalue weighted by Gasteiger charge is 1.97. The molecule has 0 bridgehead atoms. The van der Waals surface area contributed by atoms with Crippen LogP contribution in [-0.4, -0.2) is 5.71 Å². The number of aliphatic imine (C=N–C) groups is 1. The molecular formula is C17H23N. The fourth-order valence-electron chi connectivity index (χ4n) is 1.74. The molecular weight excluding hydrogens is 218 g/mol. The van der Waals surface area contributed by atoms with Gasteiger partial charge in [-0.05, 0) is 49.5 Å². The number of hydrogen-bond acceptors (Lipinski definition) is 1. The van der Waals surface area contributed by atoms with E-state index >= 15 is 0 Å². The lowest BCUT2D eigenvalue weighted by Gasteiger charge is -2.03. The topological polar surface area (TPSA) is 12.4 Å². The van der Waals surface area contributed by atoms with Gasteiger partial charge in [0.05, 0.1) is 0 Å². The van der Waals surface area contributed by atoms with Crippen LogP contribution < -0.4 is 0 Å². The summed E-state index contributed by atoms with van der Waals surface area (Å²) in [5.41, 5.74) is 4.89. The van der Waals surface area contributed by atoms with E-state index in [1.165, 1.54) is 16.7 Å². The fourth-order valence-corrected chi connectivity index (χ4v) is 1.74. The minimum Gasteiger partial charge on any atom is -0.261 e. The van der Waals surface area contributed by atoms with Crippen molar-refractivity contribution in [2.45, 2.75) is 40.5 Å². The molecule has 96 valence electrons. The molecule has 1 heteroatoms. The minimum absolute atomic E-state index is 1.01. The molecule has 0 saturated carbocycles. The van der Waals surface area contributed by atoms with Crippen LogP contribution in [0.25, 0.3) is 0 Å². The Morgan fingerprint density at radius 1 is 1.28 bits per heavy atom. The molecule has 0 heterocycles. The molecule has 0 aliphatic heterocycles. The summed E-state index contributed by atoms with van der Waals surface area (Å²) in [5.74, 6) is 0. The van der Waals surface area contributed by atoms with Crippen LogP contribution in [0.5, 0.6) is 0 Å². The Balaban J connectivity index is 2.94. The second-order valence-electron chi connectivity index (χ2n) is 4.33. The molecule has 0 atom stereocenters. The molecule has 1 rings (SSSR count). The van der Waals surface area contributed by atoms with Gasteiger partial charge < -0.3 is 0 Å². The number of benzene rings is 1. The molecule has 1 aromatic carbocycles. The van der Waals surface area contributed by atoms with E-state index in [9.17, 15) is 0 Å². The summed E-state index contributed by atoms with van der Waals surface area (Å²) in [4.78, 5) is 4.56. The molecule has 0 N–H and O–H groups in total. The first-order valence-corrected chi connectivity index (χ1v) is 6.66. The van der Waals surface area contributed by atoms with Gasteiger partial charge in [-0.15, -0.1) is 0 Å². The van der Waals surface area contributed by atoms with Crippen molar-refractivity contribution in [1.82, 2.24) is 0 Å². The van der Waals surface area contributed by atoms with Crippen LogP contribution in [0.2, 0.25) is 0 Å². The summed E-state index contributed by atoms with van der Waals surface area (Å²) in [7, 11) is 0. The highest BCUT2D eigenvalue weighted by atomic mass is 14.7. The summed E-state index contributed by atoms with van der Waals surface area (Å²) in [6.07, 6.45) is 8.21. The zero-order valence-electron chi connectivity index (χ0n) is 11.9. The van der Waals surface area contributed by atoms with Crippen molar-refractivity contribution in [3.05, 3.63) is 59.3 Å². The Kier molecular flexibility index (Phi) is 6.13. The predicted molar refractivity (Wildman–Crippen MR) is 81.2 cm³/mol. The Morgan fingerprint density at radius 3 is 2.67 bits per heavy atom. The highest BCUT2D eigenvalue weighted by molar-refractivity contribution is 5.99. The third-order valence-corrected chi connectivity index (χ3v) is 2.97. The quantitative estimate of drug-likeness (QED) is 0.512. The van der Waals surface area contributed by atoms with Crippen LogP contribution in [0.1, 0.15) is 45.2 Å². The average Bonchev–Trinajstić information content (AvgIpc) is 2.43. The summed E-state index contributed by atoms with van der Waals surface area (Å²) >= 11 is 0. The van der Waals surface area contributed by atoms with Crippen LogP contribution in [0.3, 0.4) is 0 Å². The number of nitrogens with zero attached hydrogens (tertiary/aromatic N) is 1. The standard InChI is InChI=1S/C17H23N/c1-5-9-16(7-3)13-18-14(4)17-11-8-10-15(6-2)12-17/h5,8-13H,6-7H2,1-4H3/b9-5-,16-13-,18-14?. The Labute approximate surface area is 111 Å². The number of allylic oxidation sites excluding steroid dienone is 3. The van der Waals surface area contributed by atoms with E-state index in [1.54, 1.807) is 0 Å². The maximum atomic E-state index is 4.56. The molecule has 0 aliphatic carbocycles. The second-order valence-corrected chi connectivity index (χ2v) is 4.33. The average molecular weight is 241 g/mol. The lowest BCUT2D eigenvalue weighted by Crippen LogP contribution is -1.95. The van der Waals surface area contributed by atoms with Gasteiger partial charge in [0.2, 0.25) is 0 Å². The molecule has 0 aliphatic rings. The Hall–Kier alpha value is -1.63. The number of rotatable bonds is 5. The van der Waals surface area contributed by atoms with Crippen molar-refractivity contribution < 1.29 is 0 Å². The van der Waals surface area contributed by atoms with Gasteiger partial charge in [0.15, 0.2) is 0 Å². The summed E-state index contributed by atoms with van der Waals surface area (Å²) in [6, 6.07) is 8.59. The molecule has 1 aromatic rings. The molecule has 18 heavy (non-hydrogen) atoms. The van der Waals surface area contributed by atoms with E-state index in [1.807, 2.05) is 13.1 Å². The highest BCUT2D eigenvalue weighted by Crippen LogP contribution is 2.09. The lowest BCUT2D eigenvalue weighted by atomic mass is 10.1. The summed E-state index contributed by atoms with van der Waals surface area (Å²) < 4.78 is 0. The monoisotopic (exact) mass is 241 g/mol. The third-order valence-electron chi connectivity index (χ3n) is 2.97. The van der Waals surface area contributed by atoms with Gasteiger partial charge in [-0.1, -0.05) is 44.2 Å². The van der Waals surface area contributed by atoms with Gasteiger partial charge in [0, 0.05) is 11.9 Å². The minimum atomic E-state index is 1.01. The van der Waals surface area contributed by atoms with Gasteiger partial charge in [0.25, 0.3) is 0 Å². The van der Waals surface area contributed by atoms with Gasteiger partial charge in [-0.3, -0.25) is 4.99 Å². The van der Waals surface area contributed by atoms with Crippen molar-refractivity contribution in [3.8, 4) is 0 Å². The predicted octanol–water partition coefficient (Wildman–Crippen LogP) is 4.93. The summed E-state index contributed by atoms with van der Waals surface area (Å²) in [5, 5.41) is 0. The van der Waals surface area contributed by atoms with Crippen molar-refractivity contribution >= 4 is 5.71 Å². The third kappa shape index (κ3) is 4.33. The molecule has 0 fully saturated rings. The van der Waals surface area contributed by atoms with E-state index in [0.29, 0.717) is 0 Å². The van der Waals surface area contributed by atoms with E-state index in [0.717, 1.165) is 18.6 Å². The second kappa shape index (κ2) is 7.65. The maximum Gasteiger partial charge on any atom is 0.0445 e. The van der Waals surface area contributed by atoms with E-state index in [2.05, 4.69) is 62.2 Å². The maximum absolute atomic E-state index is 4.56. The number of hydrogen-bond donors (Lipinski definition) is 0. The first kappa shape index (κ1) is 14.4. The normalized spacial score (nSPS) is 13.3. The largest absolute Gasteiger partial charge is 0.261 e. The Morgan fingerprint density at radius 2 is 2.06 bits per heavy atom. The van der Waals surface area contributed by atoms with E-state index < -0.39 is 0 Å². The van der Waals surface area contributed by atoms with Crippen LogP contribution in [0.15, 0.2) is 53.2 Å². The van der Waals surface area contributed by atoms with Gasteiger partial charge in [0.1, 0.15) is 0 Å². The first-order chi connectivity index (χ1) is 8.71. The van der Waals surface area contributed by atoms with Crippen molar-refractivity contribution in [1.29, 1.82) is 0 Å². The number of aryl methyl sites for hydroxylation is 1. The molecule has 0 aromatic heterocycles. The van der Waals surface area contributed by atoms with Crippen LogP contribution in [0.4, 0.5) is 0 Å². The van der Waals surface area contributed by atoms with Crippen LogP contribution >= 0.6 is 0 Å². The molecule has 0 spiro atoms. The SMILES string of the molecule is C/C=C\C(=C/N=C(C)c1cccc(CC)c1)CC. The van der Waals surface area contributed by atoms with Gasteiger partial charge in [-0.25, -0.2) is 0 Å².